The van der Waals surface area contributed by atoms with Gasteiger partial charge >= 0.3 is 5.97 Å². The molecule has 0 aromatic heterocycles. The minimum Gasteiger partial charge on any atom is -0.465 e. The first kappa shape index (κ1) is 17.7. The third kappa shape index (κ3) is 4.59. The van der Waals surface area contributed by atoms with E-state index in [0.29, 0.717) is 5.75 Å². The predicted octanol–water partition coefficient (Wildman–Crippen LogP) is 2.97. The molecule has 116 valence electrons. The molecule has 0 saturated carbocycles. The minimum atomic E-state index is -1.20. The van der Waals surface area contributed by atoms with Crippen LogP contribution in [0, 0.1) is 10.1 Å². The molecule has 21 heavy (non-hydrogen) atoms. The Morgan fingerprint density at radius 2 is 2.19 bits per heavy atom. The van der Waals surface area contributed by atoms with Crippen molar-refractivity contribution in [3.05, 3.63) is 38.9 Å². The number of halogens is 1. The predicted molar refractivity (Wildman–Crippen MR) is 81.6 cm³/mol. The summed E-state index contributed by atoms with van der Waals surface area (Å²) in [6.45, 7) is 3.71. The fourth-order valence-electron chi connectivity index (χ4n) is 1.72. The fraction of sp³-hybridized carbons (Fsp3) is 0.462. The number of hydrogen-bond donors (Lipinski definition) is 1. The number of aliphatic hydroxyl groups excluding tert-OH is 1. The summed E-state index contributed by atoms with van der Waals surface area (Å²) in [4.78, 5) is 22.1. The Bertz CT molecular complexity index is 525. The van der Waals surface area contributed by atoms with Crippen LogP contribution < -0.4 is 0 Å². The van der Waals surface area contributed by atoms with E-state index >= 15 is 0 Å². The van der Waals surface area contributed by atoms with E-state index < -0.39 is 22.2 Å². The van der Waals surface area contributed by atoms with Crippen LogP contribution in [0.5, 0.6) is 0 Å². The molecule has 0 heterocycles. The molecule has 0 fully saturated rings. The highest BCUT2D eigenvalue weighted by Gasteiger charge is 2.30. The average Bonchev–Trinajstić information content (AvgIpc) is 2.44. The van der Waals surface area contributed by atoms with Crippen LogP contribution in [-0.2, 0) is 9.53 Å². The van der Waals surface area contributed by atoms with Crippen molar-refractivity contribution >= 4 is 35.0 Å². The minimum absolute atomic E-state index is 0.0215. The molecule has 0 radical (unpaired) electrons. The van der Waals surface area contributed by atoms with Gasteiger partial charge in [-0.15, -0.1) is 11.8 Å². The first-order chi connectivity index (χ1) is 9.92. The number of ether oxygens (including phenoxy) is 1. The van der Waals surface area contributed by atoms with E-state index in [9.17, 15) is 20.0 Å². The third-order valence-electron chi connectivity index (χ3n) is 2.66. The van der Waals surface area contributed by atoms with Gasteiger partial charge < -0.3 is 9.84 Å². The summed E-state index contributed by atoms with van der Waals surface area (Å²) in [5, 5.41) is 20.3. The summed E-state index contributed by atoms with van der Waals surface area (Å²) < 4.78 is 4.92. The van der Waals surface area contributed by atoms with Gasteiger partial charge in [-0.1, -0.05) is 24.6 Å². The number of hydrogen-bond acceptors (Lipinski definition) is 6. The van der Waals surface area contributed by atoms with Gasteiger partial charge in [0, 0.05) is 6.07 Å². The van der Waals surface area contributed by atoms with Crippen molar-refractivity contribution in [2.75, 3.05) is 12.4 Å². The average molecular weight is 334 g/mol. The lowest BCUT2D eigenvalue weighted by molar-refractivity contribution is -0.384. The van der Waals surface area contributed by atoms with E-state index in [2.05, 4.69) is 0 Å². The summed E-state index contributed by atoms with van der Waals surface area (Å²) >= 11 is 6.95. The number of aliphatic hydroxyl groups is 1. The summed E-state index contributed by atoms with van der Waals surface area (Å²) in [6.07, 6.45) is -1.20. The van der Waals surface area contributed by atoms with Crippen LogP contribution in [0.2, 0.25) is 5.02 Å². The van der Waals surface area contributed by atoms with Crippen molar-refractivity contribution in [1.29, 1.82) is 0 Å². The molecule has 1 aromatic rings. The monoisotopic (exact) mass is 333 g/mol. The SMILES string of the molecule is CCOC(=O)[C@@H](SCC)[C@H](O)c1ccc(Cl)c([N+](=O)[O-])c1. The normalized spacial score (nSPS) is 13.5. The first-order valence-corrected chi connectivity index (χ1v) is 7.75. The number of nitro benzene ring substituents is 1. The second-order valence-corrected chi connectivity index (χ2v) is 5.87. The van der Waals surface area contributed by atoms with Crippen LogP contribution in [0.3, 0.4) is 0 Å². The van der Waals surface area contributed by atoms with Crippen LogP contribution in [0.25, 0.3) is 0 Å². The Labute approximate surface area is 131 Å². The highest BCUT2D eigenvalue weighted by Crippen LogP contribution is 2.32. The lowest BCUT2D eigenvalue weighted by Gasteiger charge is -2.20. The van der Waals surface area contributed by atoms with Crippen LogP contribution in [-0.4, -0.2) is 33.6 Å². The maximum Gasteiger partial charge on any atom is 0.322 e. The van der Waals surface area contributed by atoms with Crippen molar-refractivity contribution in [2.45, 2.75) is 25.2 Å². The Morgan fingerprint density at radius 3 is 2.71 bits per heavy atom. The number of carbonyl (C=O) groups excluding carboxylic acids is 1. The zero-order valence-corrected chi connectivity index (χ0v) is 13.2. The van der Waals surface area contributed by atoms with Crippen LogP contribution in [0.1, 0.15) is 25.5 Å². The van der Waals surface area contributed by atoms with Crippen molar-refractivity contribution in [3.63, 3.8) is 0 Å². The van der Waals surface area contributed by atoms with Crippen LogP contribution in [0.15, 0.2) is 18.2 Å². The van der Waals surface area contributed by atoms with Gasteiger partial charge in [0.25, 0.3) is 5.69 Å². The lowest BCUT2D eigenvalue weighted by atomic mass is 10.1. The van der Waals surface area contributed by atoms with E-state index in [-0.39, 0.29) is 22.9 Å². The van der Waals surface area contributed by atoms with Gasteiger partial charge in [0.05, 0.1) is 11.5 Å². The molecule has 0 aliphatic carbocycles. The van der Waals surface area contributed by atoms with E-state index in [0.717, 1.165) is 0 Å². The van der Waals surface area contributed by atoms with Gasteiger partial charge in [-0.05, 0) is 24.3 Å². The topological polar surface area (TPSA) is 89.7 Å². The van der Waals surface area contributed by atoms with Crippen molar-refractivity contribution in [3.8, 4) is 0 Å². The van der Waals surface area contributed by atoms with Gasteiger partial charge in [0.15, 0.2) is 0 Å². The zero-order chi connectivity index (χ0) is 16.0. The summed E-state index contributed by atoms with van der Waals surface area (Å²) in [7, 11) is 0. The van der Waals surface area contributed by atoms with E-state index in [1.165, 1.54) is 30.0 Å². The number of nitro groups is 1. The molecule has 0 amide bonds. The number of carbonyl (C=O) groups is 1. The Balaban J connectivity index is 3.08. The Morgan fingerprint density at radius 1 is 1.52 bits per heavy atom. The van der Waals surface area contributed by atoms with Crippen LogP contribution >= 0.6 is 23.4 Å². The van der Waals surface area contributed by atoms with E-state index in [4.69, 9.17) is 16.3 Å². The smallest absolute Gasteiger partial charge is 0.322 e. The highest BCUT2D eigenvalue weighted by molar-refractivity contribution is 8.00. The maximum absolute atomic E-state index is 11.9. The lowest BCUT2D eigenvalue weighted by Crippen LogP contribution is -2.27. The molecule has 2 atom stereocenters. The molecule has 0 bridgehead atoms. The molecule has 1 rings (SSSR count). The molecule has 1 aromatic carbocycles. The highest BCUT2D eigenvalue weighted by atomic mass is 35.5. The number of benzene rings is 1. The zero-order valence-electron chi connectivity index (χ0n) is 11.6. The molecule has 0 spiro atoms. The standard InChI is InChI=1S/C13H16ClNO5S/c1-3-20-13(17)12(21-4-2)11(16)8-5-6-9(14)10(7-8)15(18)19/h5-7,11-12,16H,3-4H2,1-2H3/t11-,12+/m1/s1. The third-order valence-corrected chi connectivity index (χ3v) is 4.12. The molecule has 0 aliphatic rings. The number of thioether (sulfide) groups is 1. The van der Waals surface area contributed by atoms with Crippen molar-refractivity contribution in [1.82, 2.24) is 0 Å². The molecule has 0 aliphatic heterocycles. The second kappa shape index (κ2) is 8.21. The largest absolute Gasteiger partial charge is 0.465 e. The number of esters is 1. The quantitative estimate of drug-likeness (QED) is 0.468. The molecule has 0 saturated heterocycles. The van der Waals surface area contributed by atoms with E-state index in [1.807, 2.05) is 6.92 Å². The number of rotatable bonds is 7. The van der Waals surface area contributed by atoms with Gasteiger partial charge in [0.2, 0.25) is 0 Å². The molecular weight excluding hydrogens is 318 g/mol. The first-order valence-electron chi connectivity index (χ1n) is 6.32. The van der Waals surface area contributed by atoms with Gasteiger partial charge in [0.1, 0.15) is 16.4 Å². The van der Waals surface area contributed by atoms with Gasteiger partial charge in [-0.2, -0.15) is 0 Å². The van der Waals surface area contributed by atoms with Gasteiger partial charge in [-0.3, -0.25) is 14.9 Å². The molecular formula is C13H16ClNO5S. The Kier molecular flexibility index (Phi) is 6.94. The van der Waals surface area contributed by atoms with E-state index in [1.54, 1.807) is 6.92 Å². The molecule has 1 N–H and O–H groups in total. The summed E-state index contributed by atoms with van der Waals surface area (Å²) in [5.41, 5.74) is -0.0533. The van der Waals surface area contributed by atoms with Crippen LogP contribution in [0.4, 0.5) is 5.69 Å². The molecule has 8 heteroatoms. The maximum atomic E-state index is 11.9. The Hall–Kier alpha value is -1.31. The fourth-order valence-corrected chi connectivity index (χ4v) is 2.81. The number of nitrogens with zero attached hydrogens (tertiary/aromatic N) is 1. The van der Waals surface area contributed by atoms with Crippen molar-refractivity contribution < 1.29 is 19.6 Å². The second-order valence-electron chi connectivity index (χ2n) is 4.04. The summed E-state index contributed by atoms with van der Waals surface area (Å²) in [5.74, 6) is 0.0467. The molecule has 0 unspecified atom stereocenters. The molecule has 6 nitrogen and oxygen atoms in total. The van der Waals surface area contributed by atoms with Gasteiger partial charge in [-0.25, -0.2) is 0 Å². The van der Waals surface area contributed by atoms with Crippen molar-refractivity contribution in [2.24, 2.45) is 0 Å². The summed E-state index contributed by atoms with van der Waals surface area (Å²) in [6, 6.07) is 3.97.